The van der Waals surface area contributed by atoms with Crippen LogP contribution in [0.4, 0.5) is 22.4 Å². The molecular formula is C38H41F4N5O5. The minimum absolute atomic E-state index is 0.0225. The molecule has 5 rings (SSSR count). The second-order valence-corrected chi connectivity index (χ2v) is 14.0. The van der Waals surface area contributed by atoms with Crippen LogP contribution in [-0.4, -0.2) is 63.0 Å². The highest BCUT2D eigenvalue weighted by Crippen LogP contribution is 2.43. The molecule has 1 saturated heterocycles. The van der Waals surface area contributed by atoms with Crippen LogP contribution in [-0.2, 0) is 32.2 Å². The molecule has 2 amide bonds. The van der Waals surface area contributed by atoms with Crippen molar-refractivity contribution in [3.8, 4) is 11.4 Å². The molecule has 1 N–H and O–H groups in total. The van der Waals surface area contributed by atoms with E-state index in [1.54, 1.807) is 58.0 Å². The maximum absolute atomic E-state index is 16.3. The number of rotatable bonds is 11. The molecule has 4 aromatic rings. The lowest BCUT2D eigenvalue weighted by atomic mass is 9.77. The quantitative estimate of drug-likeness (QED) is 0.134. The zero-order valence-corrected chi connectivity index (χ0v) is 29.5. The average Bonchev–Trinajstić information content (AvgIpc) is 3.48. The predicted octanol–water partition coefficient (Wildman–Crippen LogP) is 6.79. The van der Waals surface area contributed by atoms with Crippen LogP contribution in [0.25, 0.3) is 11.4 Å². The van der Waals surface area contributed by atoms with Crippen LogP contribution < -0.4 is 5.32 Å². The van der Waals surface area contributed by atoms with Crippen molar-refractivity contribution in [1.82, 2.24) is 25.0 Å². The number of halogens is 4. The normalized spacial score (nSPS) is 18.8. The Labute approximate surface area is 299 Å². The van der Waals surface area contributed by atoms with Gasteiger partial charge >= 0.3 is 12.1 Å². The maximum Gasteiger partial charge on any atom is 0.407 e. The Morgan fingerprint density at radius 3 is 2.35 bits per heavy atom. The molecule has 1 fully saturated rings. The van der Waals surface area contributed by atoms with E-state index in [9.17, 15) is 23.2 Å². The summed E-state index contributed by atoms with van der Waals surface area (Å²) in [7, 11) is 0. The van der Waals surface area contributed by atoms with Crippen molar-refractivity contribution >= 4 is 18.0 Å². The van der Waals surface area contributed by atoms with Crippen molar-refractivity contribution in [1.29, 1.82) is 0 Å². The van der Waals surface area contributed by atoms with E-state index < -0.39 is 77.5 Å². The van der Waals surface area contributed by atoms with Crippen molar-refractivity contribution in [3.63, 3.8) is 0 Å². The van der Waals surface area contributed by atoms with E-state index in [2.05, 4.69) is 15.4 Å². The van der Waals surface area contributed by atoms with Gasteiger partial charge < -0.3 is 19.7 Å². The lowest BCUT2D eigenvalue weighted by Crippen LogP contribution is -2.59. The molecule has 14 heteroatoms. The summed E-state index contributed by atoms with van der Waals surface area (Å²) in [5.41, 5.74) is 0.108. The number of benzene rings is 3. The van der Waals surface area contributed by atoms with E-state index in [1.807, 2.05) is 6.07 Å². The summed E-state index contributed by atoms with van der Waals surface area (Å²) in [6, 6.07) is 16.5. The van der Waals surface area contributed by atoms with Crippen molar-refractivity contribution in [2.75, 3.05) is 13.1 Å². The number of nitrogens with zero attached hydrogens (tertiary/aromatic N) is 4. The van der Waals surface area contributed by atoms with Gasteiger partial charge in [0.2, 0.25) is 0 Å². The van der Waals surface area contributed by atoms with Crippen LogP contribution in [0.2, 0.25) is 0 Å². The third-order valence-corrected chi connectivity index (χ3v) is 8.97. The molecule has 3 aromatic carbocycles. The number of esters is 1. The zero-order valence-electron chi connectivity index (χ0n) is 29.5. The van der Waals surface area contributed by atoms with E-state index >= 15 is 8.78 Å². The van der Waals surface area contributed by atoms with Crippen LogP contribution in [0.3, 0.4) is 0 Å². The number of ether oxygens (including phenoxy) is 2. The van der Waals surface area contributed by atoms with E-state index in [4.69, 9.17) is 9.47 Å². The molecule has 1 aromatic heterocycles. The molecule has 0 radical (unpaired) electrons. The highest BCUT2D eigenvalue weighted by atomic mass is 19.1. The van der Waals surface area contributed by atoms with Gasteiger partial charge in [0.25, 0.3) is 5.91 Å². The number of hydrogen-bond acceptors (Lipinski definition) is 7. The fraction of sp³-hybridized carbons (Fsp3) is 0.395. The first-order valence-electron chi connectivity index (χ1n) is 16.8. The lowest BCUT2D eigenvalue weighted by molar-refractivity contribution is -0.175. The molecule has 0 spiro atoms. The Hall–Kier alpha value is -5.27. The van der Waals surface area contributed by atoms with Gasteiger partial charge in [0.15, 0.2) is 17.8 Å². The SMILES string of the molecule is CC(=O)O[C@@H]1C(=O)N([C@@H](c2nc(-c3cc(F)ccc3F)nn2Cc2cccc(F)c2)C(C)(C)C)C[C@@H]([C@@H](F)CNC(=O)OCc2ccccc2)C1C. The molecule has 276 valence electrons. The lowest BCUT2D eigenvalue weighted by Gasteiger charge is -2.48. The number of likely N-dealkylation sites (tertiary alicyclic amines) is 1. The van der Waals surface area contributed by atoms with E-state index in [-0.39, 0.29) is 36.9 Å². The number of alkyl carbamates (subject to hydrolysis) is 1. The molecule has 1 aliphatic heterocycles. The summed E-state index contributed by atoms with van der Waals surface area (Å²) in [6.07, 6.45) is -3.96. The van der Waals surface area contributed by atoms with Gasteiger partial charge in [-0.15, -0.1) is 0 Å². The second-order valence-electron chi connectivity index (χ2n) is 14.0. The number of amides is 2. The standard InChI is InChI=1S/C38H41F4N5O5/c1-22-29(31(42)18-43-37(50)51-21-24-10-7-6-8-11-24)20-46(36(49)32(22)52-23(2)48)33(38(3,4)5)35-44-34(28-17-27(40)14-15-30(28)41)45-47(35)19-25-12-9-13-26(39)16-25/h6-17,22,29,31-33H,18-21H2,1-5H3,(H,43,50)/t22?,29-,31+,32+,33+/m1/s1. The molecule has 0 saturated carbocycles. The third kappa shape index (κ3) is 8.96. The Kier molecular flexibility index (Phi) is 11.7. The first kappa shape index (κ1) is 38.0. The smallest absolute Gasteiger partial charge is 0.407 e. The topological polar surface area (TPSA) is 116 Å². The van der Waals surface area contributed by atoms with Crippen LogP contribution in [0.1, 0.15) is 57.6 Å². The number of alkyl halides is 1. The van der Waals surface area contributed by atoms with Gasteiger partial charge in [0.1, 0.15) is 30.2 Å². The molecular weight excluding hydrogens is 682 g/mol. The molecule has 1 unspecified atom stereocenters. The molecule has 10 nitrogen and oxygen atoms in total. The van der Waals surface area contributed by atoms with Gasteiger partial charge in [-0.3, -0.25) is 9.59 Å². The number of carbonyl (C=O) groups excluding carboxylic acids is 3. The first-order valence-corrected chi connectivity index (χ1v) is 16.8. The first-order chi connectivity index (χ1) is 24.6. The number of nitrogens with one attached hydrogen (secondary N) is 1. The van der Waals surface area contributed by atoms with E-state index in [1.165, 1.54) is 27.8 Å². The summed E-state index contributed by atoms with van der Waals surface area (Å²) in [4.78, 5) is 45.0. The van der Waals surface area contributed by atoms with Crippen molar-refractivity contribution in [2.24, 2.45) is 17.3 Å². The maximum atomic E-state index is 16.3. The largest absolute Gasteiger partial charge is 0.452 e. The van der Waals surface area contributed by atoms with Crippen LogP contribution in [0.15, 0.2) is 72.8 Å². The molecule has 0 aliphatic carbocycles. The van der Waals surface area contributed by atoms with Crippen molar-refractivity contribution < 1.29 is 41.4 Å². The Morgan fingerprint density at radius 1 is 0.981 bits per heavy atom. The third-order valence-electron chi connectivity index (χ3n) is 8.97. The van der Waals surface area contributed by atoms with Gasteiger partial charge in [-0.05, 0) is 46.9 Å². The summed E-state index contributed by atoms with van der Waals surface area (Å²) in [5, 5.41) is 6.95. The molecule has 2 heterocycles. The minimum Gasteiger partial charge on any atom is -0.452 e. The summed E-state index contributed by atoms with van der Waals surface area (Å²) >= 11 is 0. The number of piperidine rings is 1. The molecule has 5 atom stereocenters. The zero-order chi connectivity index (χ0) is 37.7. The van der Waals surface area contributed by atoms with E-state index in [0.717, 1.165) is 30.7 Å². The minimum atomic E-state index is -1.73. The molecule has 52 heavy (non-hydrogen) atoms. The highest BCUT2D eigenvalue weighted by Gasteiger charge is 2.50. The second kappa shape index (κ2) is 16.0. The van der Waals surface area contributed by atoms with Crippen LogP contribution in [0.5, 0.6) is 0 Å². The Bertz CT molecular complexity index is 1900. The van der Waals surface area contributed by atoms with Gasteiger partial charge in [0, 0.05) is 25.3 Å². The summed E-state index contributed by atoms with van der Waals surface area (Å²) < 4.78 is 72.0. The average molecular weight is 724 g/mol. The number of carbonyl (C=O) groups is 3. The van der Waals surface area contributed by atoms with Gasteiger partial charge in [-0.1, -0.05) is 70.2 Å². The molecule has 0 bridgehead atoms. The van der Waals surface area contributed by atoms with Gasteiger partial charge in [0.05, 0.1) is 24.7 Å². The highest BCUT2D eigenvalue weighted by molar-refractivity contribution is 5.85. The Balaban J connectivity index is 1.51. The van der Waals surface area contributed by atoms with E-state index in [0.29, 0.717) is 5.56 Å². The Morgan fingerprint density at radius 2 is 1.67 bits per heavy atom. The number of hydrogen-bond donors (Lipinski definition) is 1. The van der Waals surface area contributed by atoms with Crippen LogP contribution >= 0.6 is 0 Å². The van der Waals surface area contributed by atoms with Gasteiger partial charge in [-0.2, -0.15) is 5.10 Å². The monoisotopic (exact) mass is 723 g/mol. The van der Waals surface area contributed by atoms with Crippen LogP contribution in [0, 0.1) is 34.7 Å². The fourth-order valence-electron chi connectivity index (χ4n) is 6.47. The van der Waals surface area contributed by atoms with Crippen molar-refractivity contribution in [3.05, 3.63) is 107 Å². The van der Waals surface area contributed by atoms with Gasteiger partial charge in [-0.25, -0.2) is 32.0 Å². The summed E-state index contributed by atoms with van der Waals surface area (Å²) in [6.45, 7) is 7.40. The molecule has 1 aliphatic rings. The fourth-order valence-corrected chi connectivity index (χ4v) is 6.47. The van der Waals surface area contributed by atoms with Crippen molar-refractivity contribution in [2.45, 2.75) is 66.1 Å². The summed E-state index contributed by atoms with van der Waals surface area (Å²) in [5.74, 6) is -5.26. The predicted molar refractivity (Wildman–Crippen MR) is 183 cm³/mol. The number of aromatic nitrogens is 3.